The average Bonchev–Trinajstić information content (AvgIpc) is 2.09. The summed E-state index contributed by atoms with van der Waals surface area (Å²) in [5, 5.41) is 3.09. The minimum Gasteiger partial charge on any atom is -0.370 e. The van der Waals surface area contributed by atoms with E-state index in [2.05, 4.69) is 26.2 Å². The fourth-order valence-electron chi connectivity index (χ4n) is 1.27. The van der Waals surface area contributed by atoms with Crippen molar-refractivity contribution in [1.82, 2.24) is 0 Å². The second-order valence-electron chi connectivity index (χ2n) is 4.73. The molecule has 1 aromatic rings. The van der Waals surface area contributed by atoms with Gasteiger partial charge in [0.2, 0.25) is 0 Å². The highest BCUT2D eigenvalue weighted by Gasteiger charge is 2.09. The van der Waals surface area contributed by atoms with Crippen molar-refractivity contribution in [3.8, 4) is 0 Å². The van der Waals surface area contributed by atoms with E-state index in [1.165, 1.54) is 0 Å². The third kappa shape index (κ3) is 3.85. The van der Waals surface area contributed by atoms with E-state index < -0.39 is 0 Å². The van der Waals surface area contributed by atoms with Crippen LogP contribution in [0.3, 0.4) is 0 Å². The van der Waals surface area contributed by atoms with Crippen LogP contribution in [0.1, 0.15) is 26.3 Å². The first-order valence-corrected chi connectivity index (χ1v) is 5.96. The Balaban J connectivity index is 2.90. The van der Waals surface area contributed by atoms with Gasteiger partial charge in [0.25, 0.3) is 0 Å². The normalized spacial score (nSPS) is 12.7. The Bertz CT molecular complexity index is 405. The fraction of sp³-hybridized carbons (Fsp3) is 0.417. The number of nitrogens with zero attached hydrogens (tertiary/aromatic N) is 1. The molecule has 1 aromatic carbocycles. The minimum absolute atomic E-state index is 0.173. The molecular weight excluding hydrogens is 266 g/mol. The van der Waals surface area contributed by atoms with Crippen molar-refractivity contribution in [2.75, 3.05) is 5.32 Å². The Morgan fingerprint density at radius 3 is 2.56 bits per heavy atom. The van der Waals surface area contributed by atoms with Crippen LogP contribution in [0.25, 0.3) is 0 Å². The second kappa shape index (κ2) is 4.87. The predicted octanol–water partition coefficient (Wildman–Crippen LogP) is 3.28. The summed E-state index contributed by atoms with van der Waals surface area (Å²) in [5.41, 5.74) is 7.75. The molecule has 0 radical (unpaired) electrons. The Morgan fingerprint density at radius 1 is 1.38 bits per heavy atom. The van der Waals surface area contributed by atoms with Gasteiger partial charge in [0, 0.05) is 4.47 Å². The van der Waals surface area contributed by atoms with Crippen LogP contribution in [0, 0.1) is 6.92 Å². The summed E-state index contributed by atoms with van der Waals surface area (Å²) in [4.78, 5) is 4.34. The standard InChI is InChI=1S/C12H18BrN3/c1-8-6-5-7-9(10(8)13)15-11(14)16-12(2,3)4/h5-7H,1-4H3,(H3,14,15,16). The van der Waals surface area contributed by atoms with E-state index in [9.17, 15) is 0 Å². The maximum atomic E-state index is 5.83. The molecule has 0 bridgehead atoms. The van der Waals surface area contributed by atoms with Gasteiger partial charge in [-0.25, -0.2) is 4.99 Å². The summed E-state index contributed by atoms with van der Waals surface area (Å²) in [6.45, 7) is 8.05. The predicted molar refractivity (Wildman–Crippen MR) is 73.9 cm³/mol. The van der Waals surface area contributed by atoms with Crippen molar-refractivity contribution in [2.24, 2.45) is 10.7 Å². The molecule has 0 amide bonds. The van der Waals surface area contributed by atoms with E-state index in [1.54, 1.807) is 0 Å². The molecule has 0 unspecified atom stereocenters. The number of halogens is 1. The average molecular weight is 284 g/mol. The maximum absolute atomic E-state index is 5.83. The number of aliphatic imine (C=N–C) groups is 1. The van der Waals surface area contributed by atoms with Crippen molar-refractivity contribution in [3.63, 3.8) is 0 Å². The Hall–Kier alpha value is -1.03. The van der Waals surface area contributed by atoms with Crippen LogP contribution in [0.15, 0.2) is 27.7 Å². The summed E-state index contributed by atoms with van der Waals surface area (Å²) < 4.78 is 1.02. The molecule has 0 spiro atoms. The maximum Gasteiger partial charge on any atom is 0.193 e. The molecule has 1 rings (SSSR count). The number of hydrogen-bond acceptors (Lipinski definition) is 1. The summed E-state index contributed by atoms with van der Waals surface area (Å²) in [7, 11) is 0. The van der Waals surface area contributed by atoms with Crippen LogP contribution in [-0.2, 0) is 0 Å². The highest BCUT2D eigenvalue weighted by atomic mass is 79.9. The largest absolute Gasteiger partial charge is 0.370 e. The molecule has 0 saturated carbocycles. The lowest BCUT2D eigenvalue weighted by molar-refractivity contribution is 0.583. The van der Waals surface area contributed by atoms with Crippen molar-refractivity contribution < 1.29 is 0 Å². The number of anilines is 1. The van der Waals surface area contributed by atoms with Gasteiger partial charge in [-0.15, -0.1) is 0 Å². The molecular formula is C12H18BrN3. The van der Waals surface area contributed by atoms with Gasteiger partial charge in [0.05, 0.1) is 11.2 Å². The first-order chi connectivity index (χ1) is 7.29. The van der Waals surface area contributed by atoms with Crippen LogP contribution in [0.2, 0.25) is 0 Å². The van der Waals surface area contributed by atoms with Gasteiger partial charge in [0.15, 0.2) is 5.96 Å². The lowest BCUT2D eigenvalue weighted by Gasteiger charge is -2.15. The number of rotatable bonds is 1. The molecule has 0 aliphatic heterocycles. The zero-order chi connectivity index (χ0) is 12.3. The zero-order valence-corrected chi connectivity index (χ0v) is 11.7. The van der Waals surface area contributed by atoms with Crippen LogP contribution in [0.5, 0.6) is 0 Å². The van der Waals surface area contributed by atoms with Gasteiger partial charge >= 0.3 is 0 Å². The van der Waals surface area contributed by atoms with E-state index in [1.807, 2.05) is 45.9 Å². The third-order valence-corrected chi connectivity index (χ3v) is 2.96. The molecule has 3 N–H and O–H groups in total. The van der Waals surface area contributed by atoms with E-state index in [4.69, 9.17) is 5.73 Å². The molecule has 0 fully saturated rings. The van der Waals surface area contributed by atoms with Gasteiger partial charge in [-0.1, -0.05) is 12.1 Å². The molecule has 4 heteroatoms. The minimum atomic E-state index is -0.173. The van der Waals surface area contributed by atoms with Gasteiger partial charge in [0.1, 0.15) is 0 Å². The first-order valence-electron chi connectivity index (χ1n) is 5.17. The SMILES string of the molecule is Cc1cccc(NC(N)=NC(C)(C)C)c1Br. The topological polar surface area (TPSA) is 50.4 Å². The van der Waals surface area contributed by atoms with Gasteiger partial charge < -0.3 is 11.1 Å². The zero-order valence-electron chi connectivity index (χ0n) is 10.1. The smallest absolute Gasteiger partial charge is 0.193 e. The Morgan fingerprint density at radius 2 is 2.00 bits per heavy atom. The van der Waals surface area contributed by atoms with Crippen molar-refractivity contribution in [3.05, 3.63) is 28.2 Å². The van der Waals surface area contributed by atoms with Gasteiger partial charge in [-0.2, -0.15) is 0 Å². The highest BCUT2D eigenvalue weighted by molar-refractivity contribution is 9.10. The molecule has 0 saturated heterocycles. The van der Waals surface area contributed by atoms with E-state index >= 15 is 0 Å². The number of nitrogens with one attached hydrogen (secondary N) is 1. The van der Waals surface area contributed by atoms with E-state index in [0.29, 0.717) is 5.96 Å². The summed E-state index contributed by atoms with van der Waals surface area (Å²) >= 11 is 3.52. The van der Waals surface area contributed by atoms with Crippen molar-refractivity contribution >= 4 is 27.6 Å². The molecule has 0 aliphatic carbocycles. The lowest BCUT2D eigenvalue weighted by Crippen LogP contribution is -2.27. The molecule has 0 aliphatic rings. The quantitative estimate of drug-likeness (QED) is 0.614. The molecule has 0 atom stereocenters. The van der Waals surface area contributed by atoms with Crippen molar-refractivity contribution in [2.45, 2.75) is 33.2 Å². The Labute approximate surface area is 105 Å². The fourth-order valence-corrected chi connectivity index (χ4v) is 1.63. The van der Waals surface area contributed by atoms with E-state index in [0.717, 1.165) is 15.7 Å². The number of benzene rings is 1. The van der Waals surface area contributed by atoms with Gasteiger partial charge in [-0.3, -0.25) is 0 Å². The number of hydrogen-bond donors (Lipinski definition) is 2. The third-order valence-electron chi connectivity index (χ3n) is 1.91. The monoisotopic (exact) mass is 283 g/mol. The summed E-state index contributed by atoms with van der Waals surface area (Å²) in [5.74, 6) is 0.429. The van der Waals surface area contributed by atoms with Crippen LogP contribution in [0.4, 0.5) is 5.69 Å². The molecule has 0 heterocycles. The van der Waals surface area contributed by atoms with Gasteiger partial charge in [-0.05, 0) is 55.3 Å². The second-order valence-corrected chi connectivity index (χ2v) is 5.52. The lowest BCUT2D eigenvalue weighted by atomic mass is 10.1. The van der Waals surface area contributed by atoms with Crippen LogP contribution in [-0.4, -0.2) is 11.5 Å². The molecule has 88 valence electrons. The van der Waals surface area contributed by atoms with Crippen LogP contribution < -0.4 is 11.1 Å². The molecule has 0 aromatic heterocycles. The number of nitrogens with two attached hydrogens (primary N) is 1. The summed E-state index contributed by atoms with van der Waals surface area (Å²) in [6.07, 6.45) is 0. The Kier molecular flexibility index (Phi) is 3.97. The first kappa shape index (κ1) is 13.0. The van der Waals surface area contributed by atoms with Crippen molar-refractivity contribution in [1.29, 1.82) is 0 Å². The molecule has 16 heavy (non-hydrogen) atoms. The number of guanidine groups is 1. The summed E-state index contributed by atoms with van der Waals surface area (Å²) in [6, 6.07) is 5.97. The highest BCUT2D eigenvalue weighted by Crippen LogP contribution is 2.25. The van der Waals surface area contributed by atoms with E-state index in [-0.39, 0.29) is 5.54 Å². The number of aryl methyl sites for hydroxylation is 1. The van der Waals surface area contributed by atoms with Crippen LogP contribution >= 0.6 is 15.9 Å². The molecule has 3 nitrogen and oxygen atoms in total.